The monoisotopic (exact) mass is 474 g/mol. The van der Waals surface area contributed by atoms with E-state index in [-0.39, 0.29) is 17.8 Å². The molecule has 6 nitrogen and oxygen atoms in total. The summed E-state index contributed by atoms with van der Waals surface area (Å²) in [5.41, 5.74) is 3.65. The van der Waals surface area contributed by atoms with Gasteiger partial charge >= 0.3 is 0 Å². The molecular weight excluding hydrogens is 436 g/mol. The largest absolute Gasteiger partial charge is 0.490 e. The normalized spacial score (nSPS) is 22.2. The molecule has 1 amide bonds. The highest BCUT2D eigenvalue weighted by Crippen LogP contribution is 2.37. The van der Waals surface area contributed by atoms with Crippen molar-refractivity contribution in [2.45, 2.75) is 65.4 Å². The Bertz CT molecular complexity index is 994. The van der Waals surface area contributed by atoms with Crippen LogP contribution in [0.25, 0.3) is 5.57 Å². The van der Waals surface area contributed by atoms with Crippen molar-refractivity contribution in [2.75, 3.05) is 31.9 Å². The molecule has 1 fully saturated rings. The molecule has 1 aromatic carbocycles. The van der Waals surface area contributed by atoms with Crippen LogP contribution in [-0.2, 0) is 21.2 Å². The lowest BCUT2D eigenvalue weighted by Crippen LogP contribution is -2.42. The Labute approximate surface area is 199 Å². The van der Waals surface area contributed by atoms with Crippen LogP contribution in [0.3, 0.4) is 0 Å². The summed E-state index contributed by atoms with van der Waals surface area (Å²) in [7, 11) is -3.14. The Kier molecular flexibility index (Phi) is 7.49. The summed E-state index contributed by atoms with van der Waals surface area (Å²) in [6.45, 7) is 8.77. The number of likely N-dealkylation sites (tertiary alicyclic amines) is 1. The van der Waals surface area contributed by atoms with Crippen LogP contribution in [0.1, 0.15) is 64.0 Å². The number of hydrogen-bond donors (Lipinski definition) is 0. The molecule has 1 unspecified atom stereocenters. The molecule has 33 heavy (non-hydrogen) atoms. The highest BCUT2D eigenvalue weighted by Gasteiger charge is 2.34. The number of rotatable bonds is 7. The van der Waals surface area contributed by atoms with Gasteiger partial charge in [0.05, 0.1) is 5.75 Å². The van der Waals surface area contributed by atoms with Gasteiger partial charge in [0.2, 0.25) is 15.9 Å². The number of amides is 1. The van der Waals surface area contributed by atoms with E-state index in [1.54, 1.807) is 4.31 Å². The molecule has 1 aromatic rings. The molecule has 0 radical (unpaired) electrons. The number of carbonyl (C=O) groups excluding carboxylic acids is 1. The van der Waals surface area contributed by atoms with Crippen LogP contribution in [0.15, 0.2) is 24.3 Å². The summed E-state index contributed by atoms with van der Waals surface area (Å²) < 4.78 is 32.6. The molecular formula is C26H38N2O4S. The highest BCUT2D eigenvalue weighted by atomic mass is 32.2. The smallest absolute Gasteiger partial charge is 0.222 e. The lowest BCUT2D eigenvalue weighted by molar-refractivity contribution is -0.133. The predicted molar refractivity (Wildman–Crippen MR) is 132 cm³/mol. The van der Waals surface area contributed by atoms with E-state index >= 15 is 0 Å². The molecule has 0 saturated carbocycles. The first-order chi connectivity index (χ1) is 15.8. The summed E-state index contributed by atoms with van der Waals surface area (Å²) in [4.78, 5) is 14.4. The number of hydrogen-bond acceptors (Lipinski definition) is 4. The molecule has 3 aliphatic rings. The second-order valence-electron chi connectivity index (χ2n) is 10.2. The first kappa shape index (κ1) is 24.3. The van der Waals surface area contributed by atoms with Gasteiger partial charge < -0.3 is 9.64 Å². The third-order valence-electron chi connectivity index (χ3n) is 7.16. The van der Waals surface area contributed by atoms with Gasteiger partial charge in [0.1, 0.15) is 11.9 Å². The summed E-state index contributed by atoms with van der Waals surface area (Å²) in [5.74, 6) is 2.37. The fourth-order valence-electron chi connectivity index (χ4n) is 5.29. The van der Waals surface area contributed by atoms with E-state index < -0.39 is 10.0 Å². The molecule has 0 aromatic heterocycles. The fraction of sp³-hybridized carbons (Fsp3) is 0.654. The zero-order valence-corrected chi connectivity index (χ0v) is 21.1. The van der Waals surface area contributed by atoms with E-state index in [9.17, 15) is 13.2 Å². The van der Waals surface area contributed by atoms with Crippen molar-refractivity contribution in [3.8, 4) is 5.75 Å². The van der Waals surface area contributed by atoms with E-state index in [4.69, 9.17) is 4.74 Å². The average molecular weight is 475 g/mol. The van der Waals surface area contributed by atoms with Crippen LogP contribution in [0, 0.1) is 11.8 Å². The van der Waals surface area contributed by atoms with Crippen molar-refractivity contribution in [3.63, 3.8) is 0 Å². The van der Waals surface area contributed by atoms with Crippen LogP contribution < -0.4 is 4.74 Å². The second-order valence-corrected chi connectivity index (χ2v) is 12.2. The molecule has 4 rings (SSSR count). The molecule has 1 saturated heterocycles. The van der Waals surface area contributed by atoms with E-state index in [1.807, 2.05) is 11.8 Å². The van der Waals surface area contributed by atoms with E-state index in [0.29, 0.717) is 37.8 Å². The third-order valence-corrected chi connectivity index (χ3v) is 9.20. The highest BCUT2D eigenvalue weighted by molar-refractivity contribution is 7.89. The predicted octanol–water partition coefficient (Wildman–Crippen LogP) is 4.10. The Morgan fingerprint density at radius 3 is 2.58 bits per heavy atom. The zero-order chi connectivity index (χ0) is 23.6. The van der Waals surface area contributed by atoms with Crippen LogP contribution in [0.5, 0.6) is 5.75 Å². The molecule has 182 valence electrons. The molecule has 0 aliphatic carbocycles. The van der Waals surface area contributed by atoms with E-state index in [2.05, 4.69) is 38.1 Å². The van der Waals surface area contributed by atoms with Gasteiger partial charge in [-0.2, -0.15) is 4.31 Å². The Balaban J connectivity index is 1.34. The van der Waals surface area contributed by atoms with Gasteiger partial charge in [-0.25, -0.2) is 8.42 Å². The number of nitrogens with zero attached hydrogens (tertiary/aromatic N) is 2. The number of sulfonamides is 1. The summed E-state index contributed by atoms with van der Waals surface area (Å²) in [6, 6.07) is 6.42. The molecule has 0 N–H and O–H groups in total. The lowest BCUT2D eigenvalue weighted by atomic mass is 9.88. The SMILES string of the molecule is CCCS(=O)(=O)N1CC=C(c2ccc3c(c2)CC(C2CCN(C(=O)CC(C)C)CC2)O3)CC1. The Morgan fingerprint density at radius 2 is 1.94 bits per heavy atom. The number of carbonyl (C=O) groups is 1. The van der Waals surface area contributed by atoms with Crippen molar-refractivity contribution < 1.29 is 17.9 Å². The Hall–Kier alpha value is -1.86. The summed E-state index contributed by atoms with van der Waals surface area (Å²) >= 11 is 0. The van der Waals surface area contributed by atoms with Crippen LogP contribution in [0.2, 0.25) is 0 Å². The molecule has 7 heteroatoms. The van der Waals surface area contributed by atoms with Crippen molar-refractivity contribution in [1.82, 2.24) is 9.21 Å². The lowest BCUT2D eigenvalue weighted by Gasteiger charge is -2.34. The minimum atomic E-state index is -3.14. The fourth-order valence-corrected chi connectivity index (χ4v) is 6.73. The van der Waals surface area contributed by atoms with E-state index in [0.717, 1.165) is 44.5 Å². The molecule has 1 atom stereocenters. The van der Waals surface area contributed by atoms with Gasteiger partial charge in [-0.3, -0.25) is 4.79 Å². The number of piperidine rings is 1. The molecule has 0 spiro atoms. The van der Waals surface area contributed by atoms with Crippen molar-refractivity contribution in [1.29, 1.82) is 0 Å². The first-order valence-corrected chi connectivity index (χ1v) is 14.1. The average Bonchev–Trinajstić information content (AvgIpc) is 3.22. The standard InChI is InChI=1S/C26H38N2O4S/c1-4-15-33(30,31)28-13-9-20(10-14-28)22-5-6-24-23(17-22)18-25(32-24)21-7-11-27(12-8-21)26(29)16-19(2)3/h5-6,9,17,19,21,25H,4,7-8,10-16,18H2,1-3H3. The summed E-state index contributed by atoms with van der Waals surface area (Å²) in [5, 5.41) is 0. The van der Waals surface area contributed by atoms with Crippen LogP contribution in [-0.4, -0.2) is 61.6 Å². The van der Waals surface area contributed by atoms with Gasteiger partial charge in [-0.15, -0.1) is 0 Å². The van der Waals surface area contributed by atoms with E-state index in [1.165, 1.54) is 16.7 Å². The maximum Gasteiger partial charge on any atom is 0.222 e. The minimum absolute atomic E-state index is 0.188. The minimum Gasteiger partial charge on any atom is -0.490 e. The molecule has 0 bridgehead atoms. The van der Waals surface area contributed by atoms with Crippen molar-refractivity contribution in [2.24, 2.45) is 11.8 Å². The van der Waals surface area contributed by atoms with Crippen LogP contribution in [0.4, 0.5) is 0 Å². The molecule has 3 aliphatic heterocycles. The number of fused-ring (bicyclic) bond motifs is 1. The quantitative estimate of drug-likeness (QED) is 0.597. The zero-order valence-electron chi connectivity index (χ0n) is 20.3. The maximum absolute atomic E-state index is 12.4. The first-order valence-electron chi connectivity index (χ1n) is 12.5. The maximum atomic E-state index is 12.4. The van der Waals surface area contributed by atoms with Gasteiger partial charge in [0, 0.05) is 39.0 Å². The van der Waals surface area contributed by atoms with Gasteiger partial charge in [0.25, 0.3) is 0 Å². The van der Waals surface area contributed by atoms with Crippen LogP contribution >= 0.6 is 0 Å². The van der Waals surface area contributed by atoms with Gasteiger partial charge in [-0.1, -0.05) is 32.9 Å². The number of benzene rings is 1. The van der Waals surface area contributed by atoms with Gasteiger partial charge in [0.15, 0.2) is 0 Å². The van der Waals surface area contributed by atoms with Crippen molar-refractivity contribution >= 4 is 21.5 Å². The second kappa shape index (κ2) is 10.2. The van der Waals surface area contributed by atoms with Crippen molar-refractivity contribution in [3.05, 3.63) is 35.4 Å². The molecule has 3 heterocycles. The Morgan fingerprint density at radius 1 is 1.18 bits per heavy atom. The topological polar surface area (TPSA) is 66.9 Å². The van der Waals surface area contributed by atoms with Gasteiger partial charge in [-0.05, 0) is 66.4 Å². The summed E-state index contributed by atoms with van der Waals surface area (Å²) in [6.07, 6.45) is 7.20. The third kappa shape index (κ3) is 5.62. The number of ether oxygens (including phenoxy) is 1.